The van der Waals surface area contributed by atoms with Crippen LogP contribution in [-0.4, -0.2) is 5.11 Å². The molecule has 0 spiro atoms. The van der Waals surface area contributed by atoms with E-state index in [2.05, 4.69) is 15.9 Å². The van der Waals surface area contributed by atoms with Crippen LogP contribution in [0.5, 0.6) is 0 Å². The molecule has 0 saturated carbocycles. The van der Waals surface area contributed by atoms with Gasteiger partial charge in [-0.1, -0.05) is 28.1 Å². The number of aliphatic hydroxyl groups is 1. The molecule has 13 heavy (non-hydrogen) atoms. The maximum Gasteiger partial charge on any atom is 0.116 e. The Labute approximate surface area is 85.7 Å². The van der Waals surface area contributed by atoms with Gasteiger partial charge in [0.05, 0.1) is 5.60 Å². The van der Waals surface area contributed by atoms with Crippen molar-refractivity contribution in [2.45, 2.75) is 26.1 Å². The van der Waals surface area contributed by atoms with E-state index in [0.717, 1.165) is 5.56 Å². The van der Waals surface area contributed by atoms with Gasteiger partial charge >= 0.3 is 0 Å². The van der Waals surface area contributed by atoms with Crippen molar-refractivity contribution in [2.75, 3.05) is 0 Å². The number of rotatable bonds is 2. The predicted octanol–water partition coefficient (Wildman–Crippen LogP) is 3.15. The van der Waals surface area contributed by atoms with Crippen LogP contribution in [-0.2, 0) is 12.3 Å². The smallest absolute Gasteiger partial charge is 0.116 e. The second-order valence-corrected chi connectivity index (χ2v) is 4.35. The molecule has 0 heterocycles. The lowest BCUT2D eigenvalue weighted by molar-refractivity contribution is 0.0785. The van der Waals surface area contributed by atoms with Crippen molar-refractivity contribution in [1.82, 2.24) is 0 Å². The Hall–Kier alpha value is -0.410. The Balaban J connectivity index is 3.10. The van der Waals surface area contributed by atoms with Crippen LogP contribution in [0.25, 0.3) is 0 Å². The number of alkyl halides is 1. The fraction of sp³-hybridized carbons (Fsp3) is 0.400. The molecule has 0 saturated heterocycles. The summed E-state index contributed by atoms with van der Waals surface area (Å²) in [6.07, 6.45) is 0. The van der Waals surface area contributed by atoms with E-state index in [1.807, 2.05) is 0 Å². The van der Waals surface area contributed by atoms with Crippen molar-refractivity contribution >= 4 is 15.9 Å². The van der Waals surface area contributed by atoms with Gasteiger partial charge in [0.25, 0.3) is 0 Å². The first-order chi connectivity index (χ1) is 5.95. The first-order valence-electron chi connectivity index (χ1n) is 4.02. The van der Waals surface area contributed by atoms with E-state index in [1.54, 1.807) is 32.0 Å². The van der Waals surface area contributed by atoms with Crippen molar-refractivity contribution in [3.63, 3.8) is 0 Å². The van der Waals surface area contributed by atoms with Crippen molar-refractivity contribution in [2.24, 2.45) is 0 Å². The van der Waals surface area contributed by atoms with Gasteiger partial charge in [0.15, 0.2) is 0 Å². The monoisotopic (exact) mass is 246 g/mol. The van der Waals surface area contributed by atoms with Crippen LogP contribution in [0.15, 0.2) is 22.7 Å². The molecule has 1 aromatic rings. The maximum absolute atomic E-state index is 12.3. The van der Waals surface area contributed by atoms with Gasteiger partial charge < -0.3 is 5.11 Å². The van der Waals surface area contributed by atoms with Crippen molar-refractivity contribution in [3.8, 4) is 0 Å². The SMILES string of the molecule is CC(C)(O)c1ccc(CF)c(Br)c1. The summed E-state index contributed by atoms with van der Waals surface area (Å²) in [7, 11) is 0. The first-order valence-corrected chi connectivity index (χ1v) is 4.81. The van der Waals surface area contributed by atoms with Gasteiger partial charge in [0, 0.05) is 4.47 Å². The molecule has 0 unspecified atom stereocenters. The van der Waals surface area contributed by atoms with Crippen LogP contribution >= 0.6 is 15.9 Å². The predicted molar refractivity (Wildman–Crippen MR) is 54.2 cm³/mol. The Bertz CT molecular complexity index is 304. The van der Waals surface area contributed by atoms with Crippen LogP contribution in [0.3, 0.4) is 0 Å². The standard InChI is InChI=1S/C10H12BrFO/c1-10(2,13)8-4-3-7(6-12)9(11)5-8/h3-5,13H,6H2,1-2H3. The molecule has 0 aromatic heterocycles. The van der Waals surface area contributed by atoms with Crippen molar-refractivity contribution in [3.05, 3.63) is 33.8 Å². The van der Waals surface area contributed by atoms with Gasteiger partial charge in [0.1, 0.15) is 6.67 Å². The van der Waals surface area contributed by atoms with Crippen LogP contribution in [0.1, 0.15) is 25.0 Å². The lowest BCUT2D eigenvalue weighted by Gasteiger charge is -2.18. The zero-order valence-electron chi connectivity index (χ0n) is 7.64. The van der Waals surface area contributed by atoms with Gasteiger partial charge in [-0.2, -0.15) is 0 Å². The molecule has 0 aliphatic rings. The van der Waals surface area contributed by atoms with Gasteiger partial charge in [-0.15, -0.1) is 0 Å². The lowest BCUT2D eigenvalue weighted by atomic mass is 9.97. The summed E-state index contributed by atoms with van der Waals surface area (Å²) in [5.74, 6) is 0. The summed E-state index contributed by atoms with van der Waals surface area (Å²) in [4.78, 5) is 0. The first kappa shape index (κ1) is 10.7. The molecule has 0 aliphatic heterocycles. The molecule has 1 N–H and O–H groups in total. The van der Waals surface area contributed by atoms with Gasteiger partial charge in [-0.25, -0.2) is 4.39 Å². The van der Waals surface area contributed by atoms with Crippen LogP contribution < -0.4 is 0 Å². The average Bonchev–Trinajstić information content (AvgIpc) is 2.02. The van der Waals surface area contributed by atoms with E-state index in [0.29, 0.717) is 10.0 Å². The fourth-order valence-corrected chi connectivity index (χ4v) is 1.52. The normalized spacial score (nSPS) is 11.8. The van der Waals surface area contributed by atoms with Crippen LogP contribution in [0, 0.1) is 0 Å². The summed E-state index contributed by atoms with van der Waals surface area (Å²) >= 11 is 3.25. The van der Waals surface area contributed by atoms with E-state index in [-0.39, 0.29) is 0 Å². The summed E-state index contributed by atoms with van der Waals surface area (Å²) in [6, 6.07) is 5.16. The lowest BCUT2D eigenvalue weighted by Crippen LogP contribution is -2.15. The average molecular weight is 247 g/mol. The summed E-state index contributed by atoms with van der Waals surface area (Å²) < 4.78 is 13.0. The van der Waals surface area contributed by atoms with Crippen molar-refractivity contribution in [1.29, 1.82) is 0 Å². The molecule has 0 amide bonds. The number of hydrogen-bond acceptors (Lipinski definition) is 1. The number of benzene rings is 1. The molecule has 0 atom stereocenters. The van der Waals surface area contributed by atoms with Gasteiger partial charge in [0.2, 0.25) is 0 Å². The Morgan fingerprint density at radius 1 is 1.46 bits per heavy atom. The molecular weight excluding hydrogens is 235 g/mol. The molecule has 0 bridgehead atoms. The van der Waals surface area contributed by atoms with E-state index < -0.39 is 12.3 Å². The van der Waals surface area contributed by atoms with Crippen molar-refractivity contribution < 1.29 is 9.50 Å². The number of hydrogen-bond donors (Lipinski definition) is 1. The largest absolute Gasteiger partial charge is 0.386 e. The highest BCUT2D eigenvalue weighted by atomic mass is 79.9. The quantitative estimate of drug-likeness (QED) is 0.851. The highest BCUT2D eigenvalue weighted by Gasteiger charge is 2.16. The number of halogens is 2. The third kappa shape index (κ3) is 2.51. The minimum absolute atomic E-state index is 0.493. The van der Waals surface area contributed by atoms with E-state index >= 15 is 0 Å². The minimum Gasteiger partial charge on any atom is -0.386 e. The van der Waals surface area contributed by atoms with Crippen LogP contribution in [0.2, 0.25) is 0 Å². The molecule has 3 heteroatoms. The molecule has 0 fully saturated rings. The Morgan fingerprint density at radius 2 is 2.08 bits per heavy atom. The molecule has 1 rings (SSSR count). The Morgan fingerprint density at radius 3 is 2.46 bits per heavy atom. The topological polar surface area (TPSA) is 20.2 Å². The van der Waals surface area contributed by atoms with Gasteiger partial charge in [-0.05, 0) is 31.0 Å². The van der Waals surface area contributed by atoms with Crippen LogP contribution in [0.4, 0.5) is 4.39 Å². The van der Waals surface area contributed by atoms with Gasteiger partial charge in [-0.3, -0.25) is 0 Å². The molecule has 1 aromatic carbocycles. The molecule has 1 nitrogen and oxygen atoms in total. The summed E-state index contributed by atoms with van der Waals surface area (Å²) in [5, 5.41) is 9.66. The highest BCUT2D eigenvalue weighted by Crippen LogP contribution is 2.26. The molecule has 0 aliphatic carbocycles. The Kier molecular flexibility index (Phi) is 3.09. The third-order valence-corrected chi connectivity index (χ3v) is 2.64. The highest BCUT2D eigenvalue weighted by molar-refractivity contribution is 9.10. The second kappa shape index (κ2) is 3.76. The van der Waals surface area contributed by atoms with E-state index in [9.17, 15) is 9.50 Å². The molecule has 0 radical (unpaired) electrons. The second-order valence-electron chi connectivity index (χ2n) is 3.50. The minimum atomic E-state index is -0.878. The maximum atomic E-state index is 12.3. The summed E-state index contributed by atoms with van der Waals surface area (Å²) in [5.41, 5.74) is 0.502. The zero-order chi connectivity index (χ0) is 10.1. The molecular formula is C10H12BrFO. The zero-order valence-corrected chi connectivity index (χ0v) is 9.23. The molecule has 72 valence electrons. The summed E-state index contributed by atoms with van der Waals surface area (Å²) in [6.45, 7) is 2.90. The van der Waals surface area contributed by atoms with E-state index in [4.69, 9.17) is 0 Å². The van der Waals surface area contributed by atoms with E-state index in [1.165, 1.54) is 0 Å². The fourth-order valence-electron chi connectivity index (χ4n) is 1.04. The third-order valence-electron chi connectivity index (χ3n) is 1.90.